The van der Waals surface area contributed by atoms with Crippen molar-refractivity contribution in [1.82, 2.24) is 14.9 Å². The van der Waals surface area contributed by atoms with E-state index in [4.69, 9.17) is 4.74 Å². The first-order valence-electron chi connectivity index (χ1n) is 7.47. The number of hydrogen-bond donors (Lipinski definition) is 1. The van der Waals surface area contributed by atoms with Crippen LogP contribution in [0, 0.1) is 0 Å². The number of hydrogen-bond acceptors (Lipinski definition) is 6. The minimum Gasteiger partial charge on any atom is -0.495 e. The molecule has 0 bridgehead atoms. The van der Waals surface area contributed by atoms with Crippen LogP contribution in [0.25, 0.3) is 0 Å². The van der Waals surface area contributed by atoms with Crippen molar-refractivity contribution in [2.75, 3.05) is 43.5 Å². The van der Waals surface area contributed by atoms with E-state index in [1.165, 1.54) is 0 Å². The second kappa shape index (κ2) is 6.95. The molecule has 0 radical (unpaired) electrons. The van der Waals surface area contributed by atoms with Crippen molar-refractivity contribution < 1.29 is 9.53 Å². The fraction of sp³-hybridized carbons (Fsp3) is 0.312. The molecule has 1 aliphatic heterocycles. The normalized spacial score (nSPS) is 14.5. The van der Waals surface area contributed by atoms with Gasteiger partial charge in [0.15, 0.2) is 0 Å². The van der Waals surface area contributed by atoms with E-state index in [1.54, 1.807) is 18.2 Å². The lowest BCUT2D eigenvalue weighted by Crippen LogP contribution is -2.46. The Morgan fingerprint density at radius 3 is 2.70 bits per heavy atom. The zero-order valence-electron chi connectivity index (χ0n) is 13.0. The zero-order valence-corrected chi connectivity index (χ0v) is 13.0. The molecule has 1 fully saturated rings. The van der Waals surface area contributed by atoms with Gasteiger partial charge in [0.1, 0.15) is 11.6 Å². The van der Waals surface area contributed by atoms with Crippen molar-refractivity contribution in [3.63, 3.8) is 0 Å². The average molecular weight is 313 g/mol. The highest BCUT2D eigenvalue weighted by molar-refractivity contribution is 5.63. The van der Waals surface area contributed by atoms with Crippen LogP contribution in [0.2, 0.25) is 0 Å². The molecule has 1 aliphatic rings. The van der Waals surface area contributed by atoms with E-state index < -0.39 is 0 Å². The number of benzene rings is 1. The third-order valence-corrected chi connectivity index (χ3v) is 3.78. The molecule has 2 aromatic rings. The van der Waals surface area contributed by atoms with E-state index in [-0.39, 0.29) is 0 Å². The van der Waals surface area contributed by atoms with Crippen LogP contribution >= 0.6 is 0 Å². The molecule has 0 atom stereocenters. The van der Waals surface area contributed by atoms with E-state index >= 15 is 0 Å². The highest BCUT2D eigenvalue weighted by Crippen LogP contribution is 2.26. The third kappa shape index (κ3) is 3.50. The molecule has 120 valence electrons. The van der Waals surface area contributed by atoms with Crippen molar-refractivity contribution in [3.05, 3.63) is 36.5 Å². The van der Waals surface area contributed by atoms with Crippen LogP contribution in [0.3, 0.4) is 0 Å². The molecule has 7 nitrogen and oxygen atoms in total. The molecule has 1 aromatic carbocycles. The van der Waals surface area contributed by atoms with Gasteiger partial charge in [-0.3, -0.25) is 4.79 Å². The Morgan fingerprint density at radius 1 is 1.17 bits per heavy atom. The molecule has 0 saturated carbocycles. The molecular formula is C16H19N5O2. The van der Waals surface area contributed by atoms with Gasteiger partial charge in [-0.2, -0.15) is 4.98 Å². The van der Waals surface area contributed by atoms with Crippen molar-refractivity contribution in [2.24, 2.45) is 0 Å². The minimum absolute atomic E-state index is 0.518. The minimum atomic E-state index is 0.518. The maximum atomic E-state index is 10.8. The summed E-state index contributed by atoms with van der Waals surface area (Å²) in [4.78, 5) is 23.5. The van der Waals surface area contributed by atoms with Crippen LogP contribution in [-0.2, 0) is 4.79 Å². The quantitative estimate of drug-likeness (QED) is 0.844. The van der Waals surface area contributed by atoms with Gasteiger partial charge in [-0.1, -0.05) is 12.1 Å². The first kappa shape index (κ1) is 15.1. The highest BCUT2D eigenvalue weighted by Gasteiger charge is 2.17. The number of carbonyl (C=O) groups is 1. The van der Waals surface area contributed by atoms with Gasteiger partial charge in [-0.25, -0.2) is 4.98 Å². The Bertz CT molecular complexity index is 671. The summed E-state index contributed by atoms with van der Waals surface area (Å²) in [6.45, 7) is 2.96. The summed E-state index contributed by atoms with van der Waals surface area (Å²) >= 11 is 0. The number of methoxy groups -OCH3 is 1. The highest BCUT2D eigenvalue weighted by atomic mass is 16.5. The first-order valence-corrected chi connectivity index (χ1v) is 7.47. The summed E-state index contributed by atoms with van der Waals surface area (Å²) in [7, 11) is 1.63. The van der Waals surface area contributed by atoms with Crippen molar-refractivity contribution in [1.29, 1.82) is 0 Å². The second-order valence-electron chi connectivity index (χ2n) is 5.19. The molecule has 1 amide bonds. The Labute approximate surface area is 134 Å². The number of carbonyl (C=O) groups excluding carboxylic acids is 1. The molecule has 1 aromatic heterocycles. The zero-order chi connectivity index (χ0) is 16.1. The number of rotatable bonds is 5. The van der Waals surface area contributed by atoms with E-state index in [9.17, 15) is 4.79 Å². The number of para-hydroxylation sites is 2. The summed E-state index contributed by atoms with van der Waals surface area (Å²) in [5.74, 6) is 2.11. The number of piperazine rings is 1. The van der Waals surface area contributed by atoms with E-state index in [0.29, 0.717) is 19.0 Å². The maximum absolute atomic E-state index is 10.8. The molecule has 3 rings (SSSR count). The second-order valence-corrected chi connectivity index (χ2v) is 5.19. The molecular weight excluding hydrogens is 294 g/mol. The summed E-state index contributed by atoms with van der Waals surface area (Å²) in [6, 6.07) is 9.51. The lowest BCUT2D eigenvalue weighted by atomic mass is 10.3. The lowest BCUT2D eigenvalue weighted by molar-refractivity contribution is -0.118. The van der Waals surface area contributed by atoms with Crippen molar-refractivity contribution >= 4 is 23.9 Å². The average Bonchev–Trinajstić information content (AvgIpc) is 2.62. The third-order valence-electron chi connectivity index (χ3n) is 3.78. The SMILES string of the molecule is COc1ccccc1Nc1nccc(N2CCN(C=O)CC2)n1. The number of anilines is 3. The topological polar surface area (TPSA) is 70.6 Å². The summed E-state index contributed by atoms with van der Waals surface area (Å²) in [6.07, 6.45) is 2.62. The Morgan fingerprint density at radius 2 is 1.96 bits per heavy atom. The van der Waals surface area contributed by atoms with Gasteiger partial charge in [0.2, 0.25) is 12.4 Å². The number of amides is 1. The smallest absolute Gasteiger partial charge is 0.229 e. The predicted octanol–water partition coefficient (Wildman–Crippen LogP) is 1.51. The van der Waals surface area contributed by atoms with Gasteiger partial charge in [-0.05, 0) is 18.2 Å². The first-order chi connectivity index (χ1) is 11.3. The lowest BCUT2D eigenvalue weighted by Gasteiger charge is -2.33. The van der Waals surface area contributed by atoms with Gasteiger partial charge < -0.3 is 19.9 Å². The Hall–Kier alpha value is -2.83. The van der Waals surface area contributed by atoms with Gasteiger partial charge in [-0.15, -0.1) is 0 Å². The van der Waals surface area contributed by atoms with E-state index in [2.05, 4.69) is 20.2 Å². The van der Waals surface area contributed by atoms with Crippen LogP contribution in [0.4, 0.5) is 17.5 Å². The summed E-state index contributed by atoms with van der Waals surface area (Å²) in [5, 5.41) is 3.18. The molecule has 1 N–H and O–H groups in total. The molecule has 23 heavy (non-hydrogen) atoms. The van der Waals surface area contributed by atoms with Crippen molar-refractivity contribution in [2.45, 2.75) is 0 Å². The van der Waals surface area contributed by atoms with Gasteiger partial charge in [0, 0.05) is 32.4 Å². The molecule has 0 aliphatic carbocycles. The van der Waals surface area contributed by atoms with Gasteiger partial charge in [0.25, 0.3) is 0 Å². The fourth-order valence-electron chi connectivity index (χ4n) is 2.51. The maximum Gasteiger partial charge on any atom is 0.229 e. The molecule has 0 unspecified atom stereocenters. The van der Waals surface area contributed by atoms with Crippen LogP contribution in [-0.4, -0.2) is 54.6 Å². The Kier molecular flexibility index (Phi) is 4.56. The number of aromatic nitrogens is 2. The predicted molar refractivity (Wildman–Crippen MR) is 88.2 cm³/mol. The molecule has 1 saturated heterocycles. The molecule has 0 spiro atoms. The summed E-state index contributed by atoms with van der Waals surface area (Å²) < 4.78 is 5.32. The number of ether oxygens (including phenoxy) is 1. The van der Waals surface area contributed by atoms with Crippen molar-refractivity contribution in [3.8, 4) is 5.75 Å². The van der Waals surface area contributed by atoms with Crippen LogP contribution < -0.4 is 15.0 Å². The number of nitrogens with zero attached hydrogens (tertiary/aromatic N) is 4. The van der Waals surface area contributed by atoms with Crippen LogP contribution in [0.5, 0.6) is 5.75 Å². The number of nitrogens with one attached hydrogen (secondary N) is 1. The molecule has 2 heterocycles. The van der Waals surface area contributed by atoms with E-state index in [0.717, 1.165) is 36.8 Å². The molecule has 7 heteroatoms. The largest absolute Gasteiger partial charge is 0.495 e. The van der Waals surface area contributed by atoms with Crippen LogP contribution in [0.1, 0.15) is 0 Å². The fourth-order valence-corrected chi connectivity index (χ4v) is 2.51. The van der Waals surface area contributed by atoms with E-state index in [1.807, 2.05) is 30.3 Å². The standard InChI is InChI=1S/C16H19N5O2/c1-23-14-5-3-2-4-13(14)18-16-17-7-6-15(19-16)21-10-8-20(12-22)9-11-21/h2-7,12H,8-11H2,1H3,(H,17,18,19). The van der Waals surface area contributed by atoms with Gasteiger partial charge in [0.05, 0.1) is 12.8 Å². The summed E-state index contributed by atoms with van der Waals surface area (Å²) in [5.41, 5.74) is 0.818. The van der Waals surface area contributed by atoms with Crippen LogP contribution in [0.15, 0.2) is 36.5 Å². The Balaban J connectivity index is 1.74. The monoisotopic (exact) mass is 313 g/mol. The van der Waals surface area contributed by atoms with Gasteiger partial charge >= 0.3 is 0 Å².